The molecule has 0 aromatic heterocycles. The molecule has 1 heterocycles. The molecule has 106 valence electrons. The summed E-state index contributed by atoms with van der Waals surface area (Å²) >= 11 is 0. The normalized spacial score (nSPS) is 19.9. The van der Waals surface area contributed by atoms with Crippen LogP contribution in [0.5, 0.6) is 0 Å². The molecule has 1 atom stereocenters. The summed E-state index contributed by atoms with van der Waals surface area (Å²) in [6.45, 7) is 9.28. The van der Waals surface area contributed by atoms with Gasteiger partial charge in [0.05, 0.1) is 6.61 Å². The highest BCUT2D eigenvalue weighted by Gasteiger charge is 2.22. The van der Waals surface area contributed by atoms with Crippen LogP contribution in [0.1, 0.15) is 24.8 Å². The zero-order chi connectivity index (χ0) is 13.3. The van der Waals surface area contributed by atoms with Gasteiger partial charge in [0.2, 0.25) is 0 Å². The molecule has 0 aliphatic carbocycles. The Balaban J connectivity index is 1.60. The fourth-order valence-corrected chi connectivity index (χ4v) is 2.68. The van der Waals surface area contributed by atoms with E-state index in [2.05, 4.69) is 40.5 Å². The topological polar surface area (TPSA) is 24.5 Å². The maximum Gasteiger partial charge on any atom is 0.0590 e. The largest absolute Gasteiger partial charge is 0.380 e. The molecule has 0 spiro atoms. The number of ether oxygens (including phenoxy) is 1. The van der Waals surface area contributed by atoms with E-state index in [1.165, 1.54) is 25.1 Å². The molecule has 19 heavy (non-hydrogen) atoms. The number of benzene rings is 1. The van der Waals surface area contributed by atoms with Crippen molar-refractivity contribution in [2.45, 2.75) is 19.3 Å². The number of rotatable bonds is 8. The molecule has 1 aromatic carbocycles. The van der Waals surface area contributed by atoms with E-state index in [1.54, 1.807) is 0 Å². The smallest absolute Gasteiger partial charge is 0.0590 e. The van der Waals surface area contributed by atoms with Crippen molar-refractivity contribution in [2.24, 2.45) is 0 Å². The van der Waals surface area contributed by atoms with Gasteiger partial charge in [-0.05, 0) is 31.4 Å². The Morgan fingerprint density at radius 2 is 2.11 bits per heavy atom. The molecule has 1 saturated heterocycles. The van der Waals surface area contributed by atoms with E-state index >= 15 is 0 Å². The second-order valence-corrected chi connectivity index (χ2v) is 5.14. The Morgan fingerprint density at radius 3 is 2.89 bits per heavy atom. The molecule has 1 unspecified atom stereocenters. The highest BCUT2D eigenvalue weighted by molar-refractivity contribution is 5.20. The van der Waals surface area contributed by atoms with Crippen molar-refractivity contribution in [3.8, 4) is 0 Å². The summed E-state index contributed by atoms with van der Waals surface area (Å²) in [5.41, 5.74) is 1.49. The standard InChI is InChI=1S/C16H26N2O/c1-2-19-13-10-17-9-12-18-11-8-16(14-18)15-6-4-3-5-7-15/h3-7,16-17H,2,8-14H2,1H3. The van der Waals surface area contributed by atoms with Crippen molar-refractivity contribution in [3.05, 3.63) is 35.9 Å². The van der Waals surface area contributed by atoms with Crippen LogP contribution in [0.25, 0.3) is 0 Å². The Kier molecular flexibility index (Phi) is 6.34. The zero-order valence-electron chi connectivity index (χ0n) is 12.0. The zero-order valence-corrected chi connectivity index (χ0v) is 12.0. The third-order valence-electron chi connectivity index (χ3n) is 3.78. The van der Waals surface area contributed by atoms with E-state index in [9.17, 15) is 0 Å². The monoisotopic (exact) mass is 262 g/mol. The molecular formula is C16H26N2O. The maximum absolute atomic E-state index is 5.30. The number of nitrogens with zero attached hydrogens (tertiary/aromatic N) is 1. The summed E-state index contributed by atoms with van der Waals surface area (Å²) in [7, 11) is 0. The minimum Gasteiger partial charge on any atom is -0.380 e. The lowest BCUT2D eigenvalue weighted by molar-refractivity contribution is 0.148. The van der Waals surface area contributed by atoms with Gasteiger partial charge in [-0.1, -0.05) is 30.3 Å². The molecule has 1 aromatic rings. The average Bonchev–Trinajstić information content (AvgIpc) is 2.92. The molecule has 1 aliphatic heterocycles. The summed E-state index contributed by atoms with van der Waals surface area (Å²) < 4.78 is 5.30. The molecule has 1 N–H and O–H groups in total. The molecule has 0 amide bonds. The van der Waals surface area contributed by atoms with Gasteiger partial charge in [-0.2, -0.15) is 0 Å². The van der Waals surface area contributed by atoms with Crippen molar-refractivity contribution in [1.29, 1.82) is 0 Å². The van der Waals surface area contributed by atoms with Crippen molar-refractivity contribution in [2.75, 3.05) is 45.9 Å². The number of hydrogen-bond donors (Lipinski definition) is 1. The van der Waals surface area contributed by atoms with Crippen molar-refractivity contribution in [3.63, 3.8) is 0 Å². The third kappa shape index (κ3) is 4.94. The SMILES string of the molecule is CCOCCNCCN1CCC(c2ccccc2)C1. The van der Waals surface area contributed by atoms with Gasteiger partial charge in [0.25, 0.3) is 0 Å². The molecular weight excluding hydrogens is 236 g/mol. The lowest BCUT2D eigenvalue weighted by Crippen LogP contribution is -2.32. The van der Waals surface area contributed by atoms with Gasteiger partial charge in [0.1, 0.15) is 0 Å². The summed E-state index contributed by atoms with van der Waals surface area (Å²) in [4.78, 5) is 2.56. The molecule has 0 radical (unpaired) electrons. The van der Waals surface area contributed by atoms with Crippen LogP contribution in [0.3, 0.4) is 0 Å². The minimum absolute atomic E-state index is 0.727. The van der Waals surface area contributed by atoms with E-state index in [0.717, 1.165) is 38.8 Å². The summed E-state index contributed by atoms with van der Waals surface area (Å²) in [6.07, 6.45) is 1.29. The van der Waals surface area contributed by atoms with Gasteiger partial charge in [0.15, 0.2) is 0 Å². The fraction of sp³-hybridized carbons (Fsp3) is 0.625. The molecule has 1 fully saturated rings. The van der Waals surface area contributed by atoms with Crippen molar-refractivity contribution in [1.82, 2.24) is 10.2 Å². The van der Waals surface area contributed by atoms with Gasteiger partial charge in [0, 0.05) is 32.8 Å². The van der Waals surface area contributed by atoms with Gasteiger partial charge in [-0.25, -0.2) is 0 Å². The average molecular weight is 262 g/mol. The van der Waals surface area contributed by atoms with Gasteiger partial charge < -0.3 is 15.0 Å². The predicted octanol–water partition coefficient (Wildman–Crippen LogP) is 2.10. The number of nitrogens with one attached hydrogen (secondary N) is 1. The second kappa shape index (κ2) is 8.31. The second-order valence-electron chi connectivity index (χ2n) is 5.14. The number of hydrogen-bond acceptors (Lipinski definition) is 3. The predicted molar refractivity (Wildman–Crippen MR) is 79.6 cm³/mol. The third-order valence-corrected chi connectivity index (χ3v) is 3.78. The molecule has 3 heteroatoms. The first-order valence-electron chi connectivity index (χ1n) is 7.46. The molecule has 0 saturated carbocycles. The number of likely N-dealkylation sites (tertiary alicyclic amines) is 1. The maximum atomic E-state index is 5.30. The van der Waals surface area contributed by atoms with Gasteiger partial charge >= 0.3 is 0 Å². The molecule has 2 rings (SSSR count). The Hall–Kier alpha value is -0.900. The first-order chi connectivity index (χ1) is 9.40. The van der Waals surface area contributed by atoms with Crippen LogP contribution in [0.4, 0.5) is 0 Å². The van der Waals surface area contributed by atoms with Crippen LogP contribution in [0.15, 0.2) is 30.3 Å². The fourth-order valence-electron chi connectivity index (χ4n) is 2.68. The summed E-state index contributed by atoms with van der Waals surface area (Å²) in [5, 5.41) is 3.44. The van der Waals surface area contributed by atoms with E-state index in [0.29, 0.717) is 0 Å². The van der Waals surface area contributed by atoms with Crippen LogP contribution >= 0.6 is 0 Å². The lowest BCUT2D eigenvalue weighted by atomic mass is 9.99. The first-order valence-corrected chi connectivity index (χ1v) is 7.46. The highest BCUT2D eigenvalue weighted by atomic mass is 16.5. The van der Waals surface area contributed by atoms with Crippen LogP contribution < -0.4 is 5.32 Å². The van der Waals surface area contributed by atoms with Gasteiger partial charge in [-0.3, -0.25) is 0 Å². The van der Waals surface area contributed by atoms with Gasteiger partial charge in [-0.15, -0.1) is 0 Å². The van der Waals surface area contributed by atoms with Crippen LogP contribution in [0, 0.1) is 0 Å². The Bertz CT molecular complexity index is 342. The van der Waals surface area contributed by atoms with E-state index in [4.69, 9.17) is 4.74 Å². The van der Waals surface area contributed by atoms with E-state index in [-0.39, 0.29) is 0 Å². The molecule has 3 nitrogen and oxygen atoms in total. The molecule has 0 bridgehead atoms. The van der Waals surface area contributed by atoms with Crippen molar-refractivity contribution < 1.29 is 4.74 Å². The Labute approximate surface area is 116 Å². The van der Waals surface area contributed by atoms with Crippen LogP contribution in [-0.2, 0) is 4.74 Å². The highest BCUT2D eigenvalue weighted by Crippen LogP contribution is 2.26. The summed E-state index contributed by atoms with van der Waals surface area (Å²) in [5.74, 6) is 0.727. The van der Waals surface area contributed by atoms with Crippen LogP contribution in [-0.4, -0.2) is 50.8 Å². The summed E-state index contributed by atoms with van der Waals surface area (Å²) in [6, 6.07) is 10.9. The van der Waals surface area contributed by atoms with Crippen LogP contribution in [0.2, 0.25) is 0 Å². The quantitative estimate of drug-likeness (QED) is 0.726. The minimum atomic E-state index is 0.727. The van der Waals surface area contributed by atoms with Crippen molar-refractivity contribution >= 4 is 0 Å². The van der Waals surface area contributed by atoms with E-state index < -0.39 is 0 Å². The molecule has 1 aliphatic rings. The Morgan fingerprint density at radius 1 is 1.26 bits per heavy atom. The van der Waals surface area contributed by atoms with E-state index in [1.807, 2.05) is 6.92 Å². The lowest BCUT2D eigenvalue weighted by Gasteiger charge is -2.16. The first kappa shape index (κ1) is 14.5.